The van der Waals surface area contributed by atoms with Crippen LogP contribution in [0.2, 0.25) is 0 Å². The van der Waals surface area contributed by atoms with Gasteiger partial charge in [0.1, 0.15) is 0 Å². The number of nitrogens with zero attached hydrogens (tertiary/aromatic N) is 1. The summed E-state index contributed by atoms with van der Waals surface area (Å²) < 4.78 is 2.43. The molecule has 0 N–H and O–H groups in total. The molecule has 4 aliphatic rings. The van der Waals surface area contributed by atoms with Crippen LogP contribution in [0.4, 0.5) is 0 Å². The average molecular weight is 510 g/mol. The van der Waals surface area contributed by atoms with E-state index < -0.39 is 0 Å². The van der Waals surface area contributed by atoms with Crippen LogP contribution in [0.25, 0.3) is 38.6 Å². The van der Waals surface area contributed by atoms with E-state index in [1.165, 1.54) is 82.7 Å². The molecular formula is C38H39N. The molecule has 0 amide bonds. The van der Waals surface area contributed by atoms with Crippen molar-refractivity contribution in [3.05, 3.63) is 102 Å². The predicted molar refractivity (Wildman–Crippen MR) is 165 cm³/mol. The molecule has 4 bridgehead atoms. The van der Waals surface area contributed by atoms with E-state index >= 15 is 0 Å². The minimum atomic E-state index is 0.129. The van der Waals surface area contributed by atoms with E-state index in [0.29, 0.717) is 5.41 Å². The highest BCUT2D eigenvalue weighted by atomic mass is 15.0. The maximum Gasteiger partial charge on any atom is 0.0541 e. The van der Waals surface area contributed by atoms with Gasteiger partial charge in [-0.2, -0.15) is 0 Å². The summed E-state index contributed by atoms with van der Waals surface area (Å²) in [6, 6.07) is 34.8. The highest BCUT2D eigenvalue weighted by Gasteiger charge is 2.51. The van der Waals surface area contributed by atoms with Gasteiger partial charge < -0.3 is 4.57 Å². The Morgan fingerprint density at radius 3 is 1.79 bits per heavy atom. The molecule has 5 aromatic rings. The molecule has 9 rings (SSSR count). The molecule has 39 heavy (non-hydrogen) atoms. The van der Waals surface area contributed by atoms with Gasteiger partial charge in [-0.3, -0.25) is 0 Å². The molecule has 0 radical (unpaired) electrons. The van der Waals surface area contributed by atoms with Gasteiger partial charge in [-0.15, -0.1) is 0 Å². The van der Waals surface area contributed by atoms with Gasteiger partial charge in [-0.05, 0) is 120 Å². The maximum atomic E-state index is 2.47. The van der Waals surface area contributed by atoms with Crippen LogP contribution >= 0.6 is 0 Å². The second-order valence-electron chi connectivity index (χ2n) is 14.2. The van der Waals surface area contributed by atoms with Crippen LogP contribution in [0.15, 0.2) is 91.0 Å². The molecule has 1 heterocycles. The lowest BCUT2D eigenvalue weighted by Gasteiger charge is -2.57. The summed E-state index contributed by atoms with van der Waals surface area (Å²) in [5.41, 5.74) is 9.98. The quantitative estimate of drug-likeness (QED) is 0.228. The minimum Gasteiger partial charge on any atom is -0.309 e. The molecule has 4 saturated carbocycles. The molecule has 196 valence electrons. The standard InChI is InChI=1S/C38H39N/c1-37(2,3)31-14-17-36-34(21-31)33-6-4-5-7-35(33)39(36)32-15-10-29(11-16-32)28-8-12-30(13-9-28)38-22-25-18-26(23-38)20-27(19-25)24-38/h4-17,21,25-27H,18-20,22-24H2,1-3H3/t25-,26+,27-,38?. The third-order valence-electron chi connectivity index (χ3n) is 10.5. The van der Waals surface area contributed by atoms with Crippen LogP contribution in [0.1, 0.15) is 70.4 Å². The molecule has 4 aromatic carbocycles. The summed E-state index contributed by atoms with van der Waals surface area (Å²) in [4.78, 5) is 0. The number of aromatic nitrogens is 1. The molecule has 0 atom stereocenters. The Hall–Kier alpha value is -3.32. The molecule has 0 saturated heterocycles. The van der Waals surface area contributed by atoms with Crippen LogP contribution < -0.4 is 0 Å². The fourth-order valence-corrected chi connectivity index (χ4v) is 9.00. The van der Waals surface area contributed by atoms with E-state index in [2.05, 4.69) is 116 Å². The molecule has 1 aromatic heterocycles. The first kappa shape index (κ1) is 23.6. The van der Waals surface area contributed by atoms with E-state index in [-0.39, 0.29) is 5.41 Å². The fraction of sp³-hybridized carbons (Fsp3) is 0.368. The van der Waals surface area contributed by atoms with E-state index in [1.54, 1.807) is 5.56 Å². The molecule has 4 fully saturated rings. The van der Waals surface area contributed by atoms with Gasteiger partial charge in [-0.25, -0.2) is 0 Å². The number of hydrogen-bond acceptors (Lipinski definition) is 0. The smallest absolute Gasteiger partial charge is 0.0541 e. The van der Waals surface area contributed by atoms with E-state index in [1.807, 2.05) is 0 Å². The van der Waals surface area contributed by atoms with E-state index in [4.69, 9.17) is 0 Å². The summed E-state index contributed by atoms with van der Waals surface area (Å²) in [6.07, 6.45) is 8.82. The average Bonchev–Trinajstić information content (AvgIpc) is 3.26. The van der Waals surface area contributed by atoms with Gasteiger partial charge in [0.15, 0.2) is 0 Å². The van der Waals surface area contributed by atoms with Crippen LogP contribution in [-0.4, -0.2) is 4.57 Å². The van der Waals surface area contributed by atoms with Gasteiger partial charge in [-0.1, -0.05) is 81.4 Å². The highest BCUT2D eigenvalue weighted by Crippen LogP contribution is 2.60. The van der Waals surface area contributed by atoms with Gasteiger partial charge in [0, 0.05) is 16.5 Å². The Morgan fingerprint density at radius 2 is 1.18 bits per heavy atom. The van der Waals surface area contributed by atoms with Crippen molar-refractivity contribution in [3.8, 4) is 16.8 Å². The first-order valence-corrected chi connectivity index (χ1v) is 15.1. The second-order valence-corrected chi connectivity index (χ2v) is 14.2. The Labute approximate surface area is 232 Å². The number of rotatable bonds is 3. The first-order valence-electron chi connectivity index (χ1n) is 15.1. The number of fused-ring (bicyclic) bond motifs is 3. The Bertz CT molecular complexity index is 1660. The molecule has 1 nitrogen and oxygen atoms in total. The molecule has 0 unspecified atom stereocenters. The van der Waals surface area contributed by atoms with Gasteiger partial charge in [0.25, 0.3) is 0 Å². The number of para-hydroxylation sites is 1. The summed E-state index contributed by atoms with van der Waals surface area (Å²) in [6.45, 7) is 6.88. The lowest BCUT2D eigenvalue weighted by molar-refractivity contribution is -0.00518. The Kier molecular flexibility index (Phi) is 5.04. The SMILES string of the molecule is CC(C)(C)c1ccc2c(c1)c1ccccc1n2-c1ccc(-c2ccc(C34C[C@H]5C[C@@H](C3)C[C@@H](C4)C5)cc2)cc1. The molecule has 0 spiro atoms. The third-order valence-corrected chi connectivity index (χ3v) is 10.5. The zero-order valence-electron chi connectivity index (χ0n) is 23.6. The largest absolute Gasteiger partial charge is 0.309 e. The van der Waals surface area contributed by atoms with Crippen molar-refractivity contribution >= 4 is 21.8 Å². The summed E-state index contributed by atoms with van der Waals surface area (Å²) in [5, 5.41) is 2.66. The van der Waals surface area contributed by atoms with Gasteiger partial charge in [0.05, 0.1) is 11.0 Å². The summed E-state index contributed by atoms with van der Waals surface area (Å²) in [7, 11) is 0. The minimum absolute atomic E-state index is 0.129. The van der Waals surface area contributed by atoms with Crippen LogP contribution in [0.3, 0.4) is 0 Å². The second kappa shape index (κ2) is 8.34. The normalized spacial score (nSPS) is 26.1. The zero-order chi connectivity index (χ0) is 26.4. The van der Waals surface area contributed by atoms with E-state index in [9.17, 15) is 0 Å². The third kappa shape index (κ3) is 3.73. The van der Waals surface area contributed by atoms with Crippen LogP contribution in [0, 0.1) is 17.8 Å². The van der Waals surface area contributed by atoms with Crippen molar-refractivity contribution in [2.45, 2.75) is 70.1 Å². The lowest BCUT2D eigenvalue weighted by Crippen LogP contribution is -2.48. The Morgan fingerprint density at radius 1 is 0.615 bits per heavy atom. The first-order chi connectivity index (χ1) is 18.9. The van der Waals surface area contributed by atoms with Crippen molar-refractivity contribution in [3.63, 3.8) is 0 Å². The predicted octanol–water partition coefficient (Wildman–Crippen LogP) is 10.2. The van der Waals surface area contributed by atoms with Crippen molar-refractivity contribution < 1.29 is 0 Å². The maximum absolute atomic E-state index is 2.47. The van der Waals surface area contributed by atoms with Crippen molar-refractivity contribution in [2.75, 3.05) is 0 Å². The molecule has 1 heteroatoms. The fourth-order valence-electron chi connectivity index (χ4n) is 9.00. The summed E-state index contributed by atoms with van der Waals surface area (Å²) in [5.74, 6) is 2.97. The Balaban J connectivity index is 1.14. The van der Waals surface area contributed by atoms with Crippen molar-refractivity contribution in [1.82, 2.24) is 4.57 Å². The number of benzene rings is 4. The monoisotopic (exact) mass is 509 g/mol. The number of hydrogen-bond donors (Lipinski definition) is 0. The van der Waals surface area contributed by atoms with Crippen LogP contribution in [0.5, 0.6) is 0 Å². The van der Waals surface area contributed by atoms with Crippen molar-refractivity contribution in [2.24, 2.45) is 17.8 Å². The topological polar surface area (TPSA) is 4.93 Å². The van der Waals surface area contributed by atoms with E-state index in [0.717, 1.165) is 17.8 Å². The van der Waals surface area contributed by atoms with Gasteiger partial charge >= 0.3 is 0 Å². The molecule has 0 aliphatic heterocycles. The van der Waals surface area contributed by atoms with Gasteiger partial charge in [0.2, 0.25) is 0 Å². The summed E-state index contributed by atoms with van der Waals surface area (Å²) >= 11 is 0. The highest BCUT2D eigenvalue weighted by molar-refractivity contribution is 6.09. The van der Waals surface area contributed by atoms with Crippen LogP contribution in [-0.2, 0) is 10.8 Å². The lowest BCUT2D eigenvalue weighted by atomic mass is 9.48. The molecular weight excluding hydrogens is 470 g/mol. The zero-order valence-corrected chi connectivity index (χ0v) is 23.6. The van der Waals surface area contributed by atoms with Crippen molar-refractivity contribution in [1.29, 1.82) is 0 Å². The molecule has 4 aliphatic carbocycles.